The quantitative estimate of drug-likeness (QED) is 0.662. The zero-order chi connectivity index (χ0) is 14.2. The fraction of sp³-hybridized carbons (Fsp3) is 0.538. The molecule has 1 aromatic rings. The SMILES string of the molecule is CC1CCC(Nc2cc(Br)c(F)cc2[N+](=O)[O-])C1C. The normalized spacial score (nSPS) is 26.4. The zero-order valence-electron chi connectivity index (χ0n) is 10.8. The number of rotatable bonds is 3. The minimum absolute atomic E-state index is 0.200. The minimum atomic E-state index is -0.620. The maximum absolute atomic E-state index is 13.4. The predicted molar refractivity (Wildman–Crippen MR) is 75.7 cm³/mol. The van der Waals surface area contributed by atoms with E-state index in [1.54, 1.807) is 0 Å². The van der Waals surface area contributed by atoms with Gasteiger partial charge in [0.25, 0.3) is 5.69 Å². The molecule has 1 fully saturated rings. The van der Waals surface area contributed by atoms with Crippen LogP contribution in [0.5, 0.6) is 0 Å². The Labute approximate surface area is 119 Å². The van der Waals surface area contributed by atoms with Gasteiger partial charge in [0, 0.05) is 6.04 Å². The maximum atomic E-state index is 13.4. The number of hydrogen-bond donors (Lipinski definition) is 1. The number of nitrogens with zero attached hydrogens (tertiary/aromatic N) is 1. The predicted octanol–water partition coefficient (Wildman–Crippen LogP) is 4.34. The average molecular weight is 331 g/mol. The van der Waals surface area contributed by atoms with Crippen LogP contribution in [0.15, 0.2) is 16.6 Å². The van der Waals surface area contributed by atoms with E-state index in [0.717, 1.165) is 18.9 Å². The lowest BCUT2D eigenvalue weighted by Gasteiger charge is -2.21. The topological polar surface area (TPSA) is 55.2 Å². The second-order valence-corrected chi connectivity index (χ2v) is 6.06. The summed E-state index contributed by atoms with van der Waals surface area (Å²) >= 11 is 3.07. The third-order valence-corrected chi connectivity index (χ3v) is 4.65. The summed E-state index contributed by atoms with van der Waals surface area (Å²) in [6.45, 7) is 4.32. The first-order chi connectivity index (χ1) is 8.90. The van der Waals surface area contributed by atoms with Gasteiger partial charge in [-0.25, -0.2) is 4.39 Å². The fourth-order valence-electron chi connectivity index (χ4n) is 2.57. The van der Waals surface area contributed by atoms with Crippen LogP contribution in [0.2, 0.25) is 0 Å². The summed E-state index contributed by atoms with van der Waals surface area (Å²) in [6.07, 6.45) is 2.09. The molecule has 3 unspecified atom stereocenters. The van der Waals surface area contributed by atoms with E-state index in [0.29, 0.717) is 17.5 Å². The number of halogens is 2. The van der Waals surface area contributed by atoms with Crippen molar-refractivity contribution >= 4 is 27.3 Å². The summed E-state index contributed by atoms with van der Waals surface area (Å²) < 4.78 is 13.6. The molecule has 0 radical (unpaired) electrons. The summed E-state index contributed by atoms with van der Waals surface area (Å²) in [5.41, 5.74) is 0.164. The van der Waals surface area contributed by atoms with Crippen LogP contribution in [0.3, 0.4) is 0 Å². The highest BCUT2D eigenvalue weighted by Crippen LogP contribution is 2.37. The molecule has 0 bridgehead atoms. The molecule has 6 heteroatoms. The molecule has 1 aromatic carbocycles. The van der Waals surface area contributed by atoms with Crippen molar-refractivity contribution in [2.24, 2.45) is 11.8 Å². The summed E-state index contributed by atoms with van der Waals surface area (Å²) in [5, 5.41) is 14.2. The van der Waals surface area contributed by atoms with Gasteiger partial charge in [-0.1, -0.05) is 13.8 Å². The van der Waals surface area contributed by atoms with E-state index in [9.17, 15) is 14.5 Å². The number of nitrogens with one attached hydrogen (secondary N) is 1. The standard InChI is InChI=1S/C13H16BrFN2O2/c1-7-3-4-11(8(7)2)16-12-5-9(14)10(15)6-13(12)17(18)19/h5-8,11,16H,3-4H2,1-2H3. The van der Waals surface area contributed by atoms with Crippen LogP contribution in [0.1, 0.15) is 26.7 Å². The van der Waals surface area contributed by atoms with Crippen LogP contribution in [0, 0.1) is 27.8 Å². The van der Waals surface area contributed by atoms with Gasteiger partial charge in [0.05, 0.1) is 15.5 Å². The number of nitro benzene ring substituents is 1. The van der Waals surface area contributed by atoms with Gasteiger partial charge in [-0.15, -0.1) is 0 Å². The third kappa shape index (κ3) is 2.88. The molecule has 0 saturated heterocycles. The van der Waals surface area contributed by atoms with Gasteiger partial charge < -0.3 is 5.32 Å². The summed E-state index contributed by atoms with van der Waals surface area (Å²) in [7, 11) is 0. The molecular formula is C13H16BrFN2O2. The van der Waals surface area contributed by atoms with Gasteiger partial charge in [-0.3, -0.25) is 10.1 Å². The Morgan fingerprint density at radius 3 is 2.63 bits per heavy atom. The van der Waals surface area contributed by atoms with E-state index >= 15 is 0 Å². The molecule has 3 atom stereocenters. The summed E-state index contributed by atoms with van der Waals surface area (Å²) in [4.78, 5) is 10.4. The van der Waals surface area contributed by atoms with Crippen LogP contribution in [-0.2, 0) is 0 Å². The number of nitro groups is 1. The molecule has 0 heterocycles. The van der Waals surface area contributed by atoms with Crippen molar-refractivity contribution in [3.63, 3.8) is 0 Å². The Morgan fingerprint density at radius 2 is 2.11 bits per heavy atom. The van der Waals surface area contributed by atoms with Crippen molar-refractivity contribution in [1.82, 2.24) is 0 Å². The Kier molecular flexibility index (Phi) is 4.08. The monoisotopic (exact) mass is 330 g/mol. The smallest absolute Gasteiger partial charge is 0.295 e. The van der Waals surface area contributed by atoms with Crippen LogP contribution in [0.25, 0.3) is 0 Å². The first kappa shape index (κ1) is 14.2. The van der Waals surface area contributed by atoms with Gasteiger partial charge in [-0.2, -0.15) is 0 Å². The van der Waals surface area contributed by atoms with Crippen molar-refractivity contribution in [2.45, 2.75) is 32.7 Å². The number of hydrogen-bond acceptors (Lipinski definition) is 3. The molecule has 1 aliphatic rings. The van der Waals surface area contributed by atoms with Crippen LogP contribution < -0.4 is 5.32 Å². The first-order valence-corrected chi connectivity index (χ1v) is 7.09. The molecule has 0 spiro atoms. The summed E-state index contributed by atoms with van der Waals surface area (Å²) in [5.74, 6) is 0.425. The molecule has 1 saturated carbocycles. The highest BCUT2D eigenvalue weighted by atomic mass is 79.9. The van der Waals surface area contributed by atoms with Crippen molar-refractivity contribution in [1.29, 1.82) is 0 Å². The van der Waals surface area contributed by atoms with E-state index < -0.39 is 10.7 Å². The highest BCUT2D eigenvalue weighted by Gasteiger charge is 2.31. The Morgan fingerprint density at radius 1 is 1.42 bits per heavy atom. The lowest BCUT2D eigenvalue weighted by molar-refractivity contribution is -0.384. The molecule has 104 valence electrons. The summed E-state index contributed by atoms with van der Waals surface area (Å²) in [6, 6.07) is 2.60. The molecule has 0 aromatic heterocycles. The Bertz CT molecular complexity index is 510. The molecular weight excluding hydrogens is 315 g/mol. The van der Waals surface area contributed by atoms with E-state index in [1.165, 1.54) is 6.07 Å². The lowest BCUT2D eigenvalue weighted by atomic mass is 9.97. The van der Waals surface area contributed by atoms with Crippen molar-refractivity contribution in [3.05, 3.63) is 32.5 Å². The van der Waals surface area contributed by atoms with E-state index in [4.69, 9.17) is 0 Å². The second kappa shape index (κ2) is 5.45. The van der Waals surface area contributed by atoms with Crippen molar-refractivity contribution in [2.75, 3.05) is 5.32 Å². The molecule has 2 rings (SSSR count). The van der Waals surface area contributed by atoms with E-state index in [2.05, 4.69) is 35.1 Å². The molecule has 19 heavy (non-hydrogen) atoms. The molecule has 1 aliphatic carbocycles. The maximum Gasteiger partial charge on any atom is 0.295 e. The lowest BCUT2D eigenvalue weighted by Crippen LogP contribution is -2.24. The highest BCUT2D eigenvalue weighted by molar-refractivity contribution is 9.10. The fourth-order valence-corrected chi connectivity index (χ4v) is 2.91. The van der Waals surface area contributed by atoms with Gasteiger partial charge in [-0.05, 0) is 46.7 Å². The molecule has 0 amide bonds. The molecule has 0 aliphatic heterocycles. The average Bonchev–Trinajstić information content (AvgIpc) is 2.65. The Hall–Kier alpha value is -1.17. The van der Waals surface area contributed by atoms with Crippen LogP contribution in [-0.4, -0.2) is 11.0 Å². The van der Waals surface area contributed by atoms with E-state index in [1.807, 2.05) is 0 Å². The van der Waals surface area contributed by atoms with Crippen LogP contribution in [0.4, 0.5) is 15.8 Å². The van der Waals surface area contributed by atoms with Gasteiger partial charge in [0.2, 0.25) is 0 Å². The van der Waals surface area contributed by atoms with Gasteiger partial charge >= 0.3 is 0 Å². The minimum Gasteiger partial charge on any atom is -0.376 e. The largest absolute Gasteiger partial charge is 0.376 e. The third-order valence-electron chi connectivity index (χ3n) is 4.04. The van der Waals surface area contributed by atoms with Crippen molar-refractivity contribution < 1.29 is 9.31 Å². The van der Waals surface area contributed by atoms with E-state index in [-0.39, 0.29) is 16.2 Å². The molecule has 4 nitrogen and oxygen atoms in total. The van der Waals surface area contributed by atoms with Crippen LogP contribution >= 0.6 is 15.9 Å². The van der Waals surface area contributed by atoms with Gasteiger partial charge in [0.1, 0.15) is 11.5 Å². The van der Waals surface area contributed by atoms with Gasteiger partial charge in [0.15, 0.2) is 0 Å². The molecule has 1 N–H and O–H groups in total. The first-order valence-electron chi connectivity index (χ1n) is 6.30. The Balaban J connectivity index is 2.29. The number of benzene rings is 1. The number of anilines is 1. The zero-order valence-corrected chi connectivity index (χ0v) is 12.4. The van der Waals surface area contributed by atoms with Crippen molar-refractivity contribution in [3.8, 4) is 0 Å². The second-order valence-electron chi connectivity index (χ2n) is 5.21.